The van der Waals surface area contributed by atoms with E-state index < -0.39 is 0 Å². The normalized spacial score (nSPS) is 11.6. The third kappa shape index (κ3) is 5.26. The van der Waals surface area contributed by atoms with Crippen LogP contribution in [-0.2, 0) is 0 Å². The molecular formula is C19H16ClNO2S2. The van der Waals surface area contributed by atoms with E-state index in [4.69, 9.17) is 16.3 Å². The van der Waals surface area contributed by atoms with Crippen LogP contribution in [0.5, 0.6) is 5.75 Å². The number of ether oxygens (including phenoxy) is 1. The van der Waals surface area contributed by atoms with E-state index in [1.54, 1.807) is 11.8 Å². The van der Waals surface area contributed by atoms with Crippen molar-refractivity contribution in [3.8, 4) is 5.75 Å². The van der Waals surface area contributed by atoms with Crippen molar-refractivity contribution >= 4 is 47.4 Å². The molecule has 0 aliphatic rings. The highest BCUT2D eigenvalue weighted by atomic mass is 35.5. The summed E-state index contributed by atoms with van der Waals surface area (Å²) in [5.41, 5.74) is 0.852. The molecule has 0 amide bonds. The minimum Gasteiger partial charge on any atom is -0.493 e. The Morgan fingerprint density at radius 3 is 2.52 bits per heavy atom. The van der Waals surface area contributed by atoms with Crippen LogP contribution in [0.25, 0.3) is 12.7 Å². The van der Waals surface area contributed by atoms with Gasteiger partial charge in [0.25, 0.3) is 5.56 Å². The van der Waals surface area contributed by atoms with Gasteiger partial charge in [-0.3, -0.25) is 4.79 Å². The number of hydrogen-bond donors (Lipinski definition) is 1. The molecule has 128 valence electrons. The predicted octanol–water partition coefficient (Wildman–Crippen LogP) is 3.50. The first kappa shape index (κ1) is 17.9. The topological polar surface area (TPSA) is 42.1 Å². The molecule has 0 aliphatic carbocycles. The average Bonchev–Trinajstić information content (AvgIpc) is 2.92. The van der Waals surface area contributed by atoms with E-state index in [-0.39, 0.29) is 5.56 Å². The number of aromatic amines is 1. The summed E-state index contributed by atoms with van der Waals surface area (Å²) in [5.74, 6) is 1.67. The van der Waals surface area contributed by atoms with E-state index >= 15 is 0 Å². The largest absolute Gasteiger partial charge is 0.493 e. The Bertz CT molecular complexity index is 992. The molecule has 3 rings (SSSR count). The molecule has 1 heterocycles. The van der Waals surface area contributed by atoms with Crippen molar-refractivity contribution in [2.45, 2.75) is 4.90 Å². The summed E-state index contributed by atoms with van der Waals surface area (Å²) in [5, 5.41) is 0.744. The molecule has 25 heavy (non-hydrogen) atoms. The number of benzene rings is 2. The molecule has 0 fully saturated rings. The zero-order valence-electron chi connectivity index (χ0n) is 13.3. The summed E-state index contributed by atoms with van der Waals surface area (Å²) in [6.07, 6.45) is 1.85. The number of thioether (sulfide) groups is 1. The van der Waals surface area contributed by atoms with Crippen LogP contribution in [0.3, 0.4) is 0 Å². The Balaban J connectivity index is 1.53. The van der Waals surface area contributed by atoms with Gasteiger partial charge in [-0.2, -0.15) is 0 Å². The lowest BCUT2D eigenvalue weighted by molar-refractivity contribution is 0.344. The van der Waals surface area contributed by atoms with Crippen LogP contribution in [0.1, 0.15) is 5.56 Å². The van der Waals surface area contributed by atoms with E-state index in [9.17, 15) is 4.79 Å². The highest BCUT2D eigenvalue weighted by molar-refractivity contribution is 7.99. The minimum atomic E-state index is -0.102. The van der Waals surface area contributed by atoms with Crippen LogP contribution in [0, 0.1) is 0 Å². The van der Waals surface area contributed by atoms with Crippen LogP contribution in [-0.4, -0.2) is 17.3 Å². The molecule has 0 saturated carbocycles. The SMILES string of the molecule is C=c1[nH]c(=O)c(=Cc2ccc(OCCSc3ccc(Cl)cc3)cc2)s1. The highest BCUT2D eigenvalue weighted by Crippen LogP contribution is 2.20. The summed E-state index contributed by atoms with van der Waals surface area (Å²) >= 11 is 8.95. The van der Waals surface area contributed by atoms with Crippen molar-refractivity contribution in [3.05, 3.63) is 78.7 Å². The first-order valence-corrected chi connectivity index (χ1v) is 9.79. The van der Waals surface area contributed by atoms with Gasteiger partial charge in [-0.1, -0.05) is 30.3 Å². The summed E-state index contributed by atoms with van der Waals surface area (Å²) in [6, 6.07) is 15.5. The molecule has 6 heteroatoms. The highest BCUT2D eigenvalue weighted by Gasteiger charge is 1.98. The monoisotopic (exact) mass is 389 g/mol. The van der Waals surface area contributed by atoms with Gasteiger partial charge in [0.05, 0.1) is 15.8 Å². The van der Waals surface area contributed by atoms with Gasteiger partial charge in [0, 0.05) is 15.7 Å². The Labute approximate surface area is 158 Å². The average molecular weight is 390 g/mol. The molecular weight excluding hydrogens is 374 g/mol. The number of rotatable bonds is 6. The molecule has 0 atom stereocenters. The van der Waals surface area contributed by atoms with Crippen LogP contribution < -0.4 is 19.5 Å². The number of hydrogen-bond acceptors (Lipinski definition) is 4. The molecule has 2 aromatic carbocycles. The van der Waals surface area contributed by atoms with Gasteiger partial charge in [0.1, 0.15) is 5.75 Å². The molecule has 0 bridgehead atoms. The molecule has 0 unspecified atom stereocenters. The lowest BCUT2D eigenvalue weighted by Gasteiger charge is -2.06. The molecule has 3 nitrogen and oxygen atoms in total. The lowest BCUT2D eigenvalue weighted by atomic mass is 10.2. The molecule has 0 radical (unpaired) electrons. The third-order valence-electron chi connectivity index (χ3n) is 3.32. The second-order valence-electron chi connectivity index (χ2n) is 5.21. The van der Waals surface area contributed by atoms with Crippen molar-refractivity contribution in [2.24, 2.45) is 0 Å². The van der Waals surface area contributed by atoms with E-state index in [1.807, 2.05) is 54.6 Å². The van der Waals surface area contributed by atoms with E-state index in [0.717, 1.165) is 22.1 Å². The van der Waals surface area contributed by atoms with Crippen molar-refractivity contribution in [1.82, 2.24) is 4.98 Å². The standard InChI is InChI=1S/C19H16ClNO2S2/c1-13-21-19(22)18(25-13)12-14-2-6-16(7-3-14)23-10-11-24-17-8-4-15(20)5-9-17/h2-9,12H,1,10-11H2,(H,21,22). The molecule has 0 saturated heterocycles. The fourth-order valence-electron chi connectivity index (χ4n) is 2.15. The van der Waals surface area contributed by atoms with Crippen LogP contribution in [0.2, 0.25) is 5.02 Å². The first-order chi connectivity index (χ1) is 12.1. The molecule has 3 aromatic rings. The Morgan fingerprint density at radius 1 is 1.16 bits per heavy atom. The summed E-state index contributed by atoms with van der Waals surface area (Å²) in [6.45, 7) is 4.36. The van der Waals surface area contributed by atoms with Gasteiger partial charge in [0.2, 0.25) is 0 Å². The summed E-state index contributed by atoms with van der Waals surface area (Å²) in [7, 11) is 0. The van der Waals surface area contributed by atoms with Gasteiger partial charge >= 0.3 is 0 Å². The number of halogens is 1. The quantitative estimate of drug-likeness (QED) is 0.518. The number of H-pyrrole nitrogens is 1. The van der Waals surface area contributed by atoms with Crippen LogP contribution >= 0.6 is 34.7 Å². The van der Waals surface area contributed by atoms with Gasteiger partial charge in [-0.15, -0.1) is 23.1 Å². The van der Waals surface area contributed by atoms with Gasteiger partial charge in [0.15, 0.2) is 0 Å². The van der Waals surface area contributed by atoms with Crippen molar-refractivity contribution in [2.75, 3.05) is 12.4 Å². The third-order valence-corrected chi connectivity index (χ3v) is 5.42. The van der Waals surface area contributed by atoms with Gasteiger partial charge < -0.3 is 9.72 Å². The smallest absolute Gasteiger partial charge is 0.266 e. The van der Waals surface area contributed by atoms with Crippen molar-refractivity contribution in [1.29, 1.82) is 0 Å². The number of aromatic nitrogens is 1. The van der Waals surface area contributed by atoms with Crippen molar-refractivity contribution < 1.29 is 4.74 Å². The minimum absolute atomic E-state index is 0.102. The Hall–Kier alpha value is -1.95. The maximum Gasteiger partial charge on any atom is 0.266 e. The predicted molar refractivity (Wildman–Crippen MR) is 107 cm³/mol. The van der Waals surface area contributed by atoms with E-state index in [0.29, 0.717) is 15.8 Å². The number of thiazole rings is 1. The zero-order valence-corrected chi connectivity index (χ0v) is 15.7. The van der Waals surface area contributed by atoms with E-state index in [1.165, 1.54) is 16.2 Å². The van der Waals surface area contributed by atoms with Gasteiger partial charge in [-0.25, -0.2) is 0 Å². The fraction of sp³-hybridized carbons (Fsp3) is 0.105. The molecule has 0 spiro atoms. The Morgan fingerprint density at radius 2 is 1.88 bits per heavy atom. The zero-order chi connectivity index (χ0) is 17.6. The molecule has 1 aromatic heterocycles. The maximum atomic E-state index is 11.7. The second-order valence-corrected chi connectivity index (χ2v) is 7.95. The summed E-state index contributed by atoms with van der Waals surface area (Å²) in [4.78, 5) is 15.5. The first-order valence-electron chi connectivity index (χ1n) is 7.61. The summed E-state index contributed by atoms with van der Waals surface area (Å²) < 4.78 is 7.06. The maximum absolute atomic E-state index is 11.7. The molecule has 1 N–H and O–H groups in total. The fourth-order valence-corrected chi connectivity index (χ4v) is 3.75. The molecule has 0 aliphatic heterocycles. The Kier molecular flexibility index (Phi) is 6.02. The lowest BCUT2D eigenvalue weighted by Crippen LogP contribution is -2.19. The van der Waals surface area contributed by atoms with Crippen LogP contribution in [0.4, 0.5) is 0 Å². The number of nitrogens with one attached hydrogen (secondary N) is 1. The van der Waals surface area contributed by atoms with Crippen LogP contribution in [0.15, 0.2) is 58.2 Å². The second kappa shape index (κ2) is 8.43. The van der Waals surface area contributed by atoms with E-state index in [2.05, 4.69) is 11.6 Å². The van der Waals surface area contributed by atoms with Crippen molar-refractivity contribution in [3.63, 3.8) is 0 Å². The van der Waals surface area contributed by atoms with Gasteiger partial charge in [-0.05, 0) is 48.0 Å².